The number of halogens is 1. The van der Waals surface area contributed by atoms with Crippen LogP contribution in [0.3, 0.4) is 0 Å². The Morgan fingerprint density at radius 2 is 1.90 bits per heavy atom. The largest absolute Gasteiger partial charge is 0.456 e. The van der Waals surface area contributed by atoms with Gasteiger partial charge in [0.1, 0.15) is 17.3 Å². The van der Waals surface area contributed by atoms with E-state index in [0.717, 1.165) is 5.56 Å². The molecule has 0 aliphatic carbocycles. The van der Waals surface area contributed by atoms with Crippen molar-refractivity contribution in [3.05, 3.63) is 63.8 Å². The van der Waals surface area contributed by atoms with E-state index in [-0.39, 0.29) is 17.4 Å². The van der Waals surface area contributed by atoms with Crippen molar-refractivity contribution in [2.45, 2.75) is 13.8 Å². The zero-order valence-electron chi connectivity index (χ0n) is 11.2. The maximum Gasteiger partial charge on any atom is 0.252 e. The van der Waals surface area contributed by atoms with Crippen molar-refractivity contribution in [1.82, 2.24) is 0 Å². The van der Waals surface area contributed by atoms with Crippen LogP contribution in [0.4, 0.5) is 4.39 Å². The highest BCUT2D eigenvalue weighted by Crippen LogP contribution is 2.24. The van der Waals surface area contributed by atoms with E-state index in [1.54, 1.807) is 38.1 Å². The molecule has 104 valence electrons. The monoisotopic (exact) mass is 275 g/mol. The van der Waals surface area contributed by atoms with Gasteiger partial charge in [-0.2, -0.15) is 0 Å². The standard InChI is InChI=1S/C15H14FNO3/c1-10(2)14(17(18)19)9-13-7-8-15(20-13)11-3-5-12(16)6-4-11/h3-10H,1-2H3/b14-9-. The molecule has 0 atom stereocenters. The van der Waals surface area contributed by atoms with E-state index in [1.807, 2.05) is 0 Å². The van der Waals surface area contributed by atoms with Crippen LogP contribution in [0.25, 0.3) is 17.4 Å². The van der Waals surface area contributed by atoms with Crippen molar-refractivity contribution in [2.75, 3.05) is 0 Å². The van der Waals surface area contributed by atoms with Gasteiger partial charge in [0.15, 0.2) is 0 Å². The molecule has 1 heterocycles. The first-order chi connectivity index (χ1) is 9.47. The predicted octanol–water partition coefficient (Wildman–Crippen LogP) is 4.36. The molecule has 0 unspecified atom stereocenters. The zero-order chi connectivity index (χ0) is 14.7. The molecular weight excluding hydrogens is 261 g/mol. The number of hydrogen-bond donors (Lipinski definition) is 0. The number of furan rings is 1. The number of rotatable bonds is 4. The van der Waals surface area contributed by atoms with E-state index in [9.17, 15) is 14.5 Å². The molecule has 0 spiro atoms. The Balaban J connectivity index is 2.31. The van der Waals surface area contributed by atoms with Gasteiger partial charge in [-0.1, -0.05) is 13.8 Å². The first-order valence-electron chi connectivity index (χ1n) is 6.19. The van der Waals surface area contributed by atoms with E-state index in [1.165, 1.54) is 18.2 Å². The van der Waals surface area contributed by atoms with Gasteiger partial charge in [0.05, 0.1) is 11.0 Å². The van der Waals surface area contributed by atoms with Crippen LogP contribution < -0.4 is 0 Å². The SMILES string of the molecule is CC(C)/C(=C/c1ccc(-c2ccc(F)cc2)o1)[N+](=O)[O-]. The molecular formula is C15H14FNO3. The second kappa shape index (κ2) is 5.69. The van der Waals surface area contributed by atoms with Crippen LogP contribution in [-0.4, -0.2) is 4.92 Å². The third-order valence-corrected chi connectivity index (χ3v) is 2.85. The van der Waals surface area contributed by atoms with Crippen LogP contribution in [-0.2, 0) is 0 Å². The van der Waals surface area contributed by atoms with Gasteiger partial charge in [-0.3, -0.25) is 10.1 Å². The number of hydrogen-bond acceptors (Lipinski definition) is 3. The average Bonchev–Trinajstić information content (AvgIpc) is 2.84. The molecule has 0 bridgehead atoms. The summed E-state index contributed by atoms with van der Waals surface area (Å²) in [5.74, 6) is 0.424. The number of allylic oxidation sites excluding steroid dienone is 1. The Labute approximate surface area is 115 Å². The van der Waals surface area contributed by atoms with Gasteiger partial charge in [-0.25, -0.2) is 4.39 Å². The minimum atomic E-state index is -0.412. The van der Waals surface area contributed by atoms with Gasteiger partial charge in [0.2, 0.25) is 0 Å². The second-order valence-corrected chi connectivity index (χ2v) is 4.69. The summed E-state index contributed by atoms with van der Waals surface area (Å²) in [5, 5.41) is 10.9. The molecule has 0 fully saturated rings. The Kier molecular flexibility index (Phi) is 3.98. The number of nitro groups is 1. The highest BCUT2D eigenvalue weighted by molar-refractivity contribution is 5.60. The van der Waals surface area contributed by atoms with Crippen LogP contribution in [0.2, 0.25) is 0 Å². The predicted molar refractivity (Wildman–Crippen MR) is 73.9 cm³/mol. The van der Waals surface area contributed by atoms with Crippen LogP contribution in [0.5, 0.6) is 0 Å². The summed E-state index contributed by atoms with van der Waals surface area (Å²) < 4.78 is 18.4. The fourth-order valence-electron chi connectivity index (χ4n) is 1.78. The molecule has 20 heavy (non-hydrogen) atoms. The van der Waals surface area contributed by atoms with Crippen LogP contribution in [0.15, 0.2) is 46.5 Å². The van der Waals surface area contributed by atoms with E-state index in [0.29, 0.717) is 11.5 Å². The first kappa shape index (κ1) is 14.0. The van der Waals surface area contributed by atoms with E-state index >= 15 is 0 Å². The van der Waals surface area contributed by atoms with Gasteiger partial charge in [-0.05, 0) is 36.4 Å². The van der Waals surface area contributed by atoms with Gasteiger partial charge in [0.25, 0.3) is 5.70 Å². The summed E-state index contributed by atoms with van der Waals surface area (Å²) in [5.41, 5.74) is 0.809. The van der Waals surface area contributed by atoms with E-state index in [2.05, 4.69) is 0 Å². The third kappa shape index (κ3) is 3.12. The molecule has 0 amide bonds. The van der Waals surface area contributed by atoms with Crippen molar-refractivity contribution in [3.8, 4) is 11.3 Å². The zero-order valence-corrected chi connectivity index (χ0v) is 11.2. The highest BCUT2D eigenvalue weighted by atomic mass is 19.1. The number of nitrogens with zero attached hydrogens (tertiary/aromatic N) is 1. The van der Waals surface area contributed by atoms with Crippen molar-refractivity contribution in [3.63, 3.8) is 0 Å². The first-order valence-corrected chi connectivity index (χ1v) is 6.19. The molecule has 0 radical (unpaired) electrons. The maximum atomic E-state index is 12.8. The van der Waals surface area contributed by atoms with E-state index < -0.39 is 4.92 Å². The number of benzene rings is 1. The lowest BCUT2D eigenvalue weighted by Gasteiger charge is -2.00. The van der Waals surface area contributed by atoms with Crippen LogP contribution in [0, 0.1) is 21.8 Å². The summed E-state index contributed by atoms with van der Waals surface area (Å²) in [6.07, 6.45) is 1.41. The Morgan fingerprint density at radius 1 is 1.25 bits per heavy atom. The summed E-state index contributed by atoms with van der Waals surface area (Å²) in [6.45, 7) is 3.50. The minimum absolute atomic E-state index is 0.0880. The normalized spacial score (nSPS) is 11.9. The lowest BCUT2D eigenvalue weighted by Crippen LogP contribution is -2.05. The van der Waals surface area contributed by atoms with Crippen molar-refractivity contribution >= 4 is 6.08 Å². The molecule has 0 aliphatic heterocycles. The van der Waals surface area contributed by atoms with Gasteiger partial charge >= 0.3 is 0 Å². The fraction of sp³-hybridized carbons (Fsp3) is 0.200. The summed E-state index contributed by atoms with van der Waals surface area (Å²) in [7, 11) is 0. The Hall–Kier alpha value is -2.43. The molecule has 0 N–H and O–H groups in total. The summed E-state index contributed by atoms with van der Waals surface area (Å²) in [6, 6.07) is 9.23. The van der Waals surface area contributed by atoms with Crippen molar-refractivity contribution in [1.29, 1.82) is 0 Å². The molecule has 0 aliphatic rings. The highest BCUT2D eigenvalue weighted by Gasteiger charge is 2.16. The average molecular weight is 275 g/mol. The quantitative estimate of drug-likeness (QED) is 0.615. The molecule has 0 saturated heterocycles. The molecule has 4 nitrogen and oxygen atoms in total. The lowest BCUT2D eigenvalue weighted by atomic mass is 10.1. The fourth-order valence-corrected chi connectivity index (χ4v) is 1.78. The topological polar surface area (TPSA) is 56.3 Å². The van der Waals surface area contributed by atoms with Crippen LogP contribution >= 0.6 is 0 Å². The van der Waals surface area contributed by atoms with E-state index in [4.69, 9.17) is 4.42 Å². The Morgan fingerprint density at radius 3 is 2.45 bits per heavy atom. The minimum Gasteiger partial charge on any atom is -0.456 e. The molecule has 0 saturated carbocycles. The molecule has 2 aromatic rings. The van der Waals surface area contributed by atoms with Crippen molar-refractivity contribution in [2.24, 2.45) is 5.92 Å². The molecule has 1 aromatic carbocycles. The molecule has 1 aromatic heterocycles. The maximum absolute atomic E-state index is 12.8. The lowest BCUT2D eigenvalue weighted by molar-refractivity contribution is -0.431. The summed E-state index contributed by atoms with van der Waals surface area (Å²) in [4.78, 5) is 10.5. The third-order valence-electron chi connectivity index (χ3n) is 2.85. The van der Waals surface area contributed by atoms with Crippen molar-refractivity contribution < 1.29 is 13.7 Å². The van der Waals surface area contributed by atoms with Gasteiger partial charge in [0, 0.05) is 11.5 Å². The molecule has 5 heteroatoms. The summed E-state index contributed by atoms with van der Waals surface area (Å²) >= 11 is 0. The van der Waals surface area contributed by atoms with Gasteiger partial charge < -0.3 is 4.42 Å². The second-order valence-electron chi connectivity index (χ2n) is 4.69. The van der Waals surface area contributed by atoms with Crippen LogP contribution in [0.1, 0.15) is 19.6 Å². The van der Waals surface area contributed by atoms with Gasteiger partial charge in [-0.15, -0.1) is 0 Å². The Bertz CT molecular complexity index is 641. The molecule has 2 rings (SSSR count). The smallest absolute Gasteiger partial charge is 0.252 e.